The smallest absolute Gasteiger partial charge is 0.123 e. The summed E-state index contributed by atoms with van der Waals surface area (Å²) in [5, 5.41) is 7.24. The van der Waals surface area contributed by atoms with Gasteiger partial charge >= 0.3 is 0 Å². The Hall–Kier alpha value is -1.91. The second kappa shape index (κ2) is 7.57. The largest absolute Gasteiger partial charge is 0.295 e. The molecule has 0 spiro atoms. The first-order valence-electron chi connectivity index (χ1n) is 7.70. The van der Waals surface area contributed by atoms with Gasteiger partial charge in [-0.25, -0.2) is 4.39 Å². The Morgan fingerprint density at radius 2 is 1.78 bits per heavy atom. The fourth-order valence-corrected chi connectivity index (χ4v) is 2.72. The minimum atomic E-state index is -0.235. The van der Waals surface area contributed by atoms with Gasteiger partial charge in [-0.15, -0.1) is 0 Å². The van der Waals surface area contributed by atoms with Gasteiger partial charge in [0, 0.05) is 37.7 Å². The maximum atomic E-state index is 13.1. The number of hydrogen-bond acceptors (Lipinski definition) is 3. The normalized spacial score (nSPS) is 16.2. The number of nitrogens with zero attached hydrogens (tertiary/aromatic N) is 3. The maximum absolute atomic E-state index is 13.1. The van der Waals surface area contributed by atoms with Crippen LogP contribution in [0.1, 0.15) is 11.1 Å². The van der Waals surface area contributed by atoms with E-state index < -0.39 is 0 Å². The predicted molar refractivity (Wildman–Crippen MR) is 92.3 cm³/mol. The zero-order valence-corrected chi connectivity index (χ0v) is 13.6. The second-order valence-corrected chi connectivity index (χ2v) is 6.09. The molecule has 2 aromatic carbocycles. The summed E-state index contributed by atoms with van der Waals surface area (Å²) in [6.07, 6.45) is 1.72. The molecule has 0 aromatic heterocycles. The third-order valence-corrected chi connectivity index (χ3v) is 4.14. The second-order valence-electron chi connectivity index (χ2n) is 5.66. The first kappa shape index (κ1) is 16.0. The molecular weight excluding hydrogens is 313 g/mol. The van der Waals surface area contributed by atoms with Gasteiger partial charge < -0.3 is 0 Å². The van der Waals surface area contributed by atoms with Crippen molar-refractivity contribution in [3.63, 3.8) is 0 Å². The maximum Gasteiger partial charge on any atom is 0.123 e. The minimum Gasteiger partial charge on any atom is -0.295 e. The van der Waals surface area contributed by atoms with Crippen LogP contribution in [0.2, 0.25) is 5.02 Å². The fourth-order valence-electron chi connectivity index (χ4n) is 2.59. The summed E-state index contributed by atoms with van der Waals surface area (Å²) in [6.45, 7) is 4.60. The predicted octanol–water partition coefficient (Wildman–Crippen LogP) is 3.63. The Morgan fingerprint density at radius 1 is 1.04 bits per heavy atom. The van der Waals surface area contributed by atoms with Crippen molar-refractivity contribution >= 4 is 17.8 Å². The first-order chi connectivity index (χ1) is 11.2. The van der Waals surface area contributed by atoms with Crippen molar-refractivity contribution in [1.29, 1.82) is 0 Å². The first-order valence-corrected chi connectivity index (χ1v) is 8.08. The van der Waals surface area contributed by atoms with E-state index in [0.717, 1.165) is 43.3 Å². The molecule has 1 aliphatic rings. The van der Waals surface area contributed by atoms with E-state index >= 15 is 0 Å². The van der Waals surface area contributed by atoms with Crippen molar-refractivity contribution in [1.82, 2.24) is 9.91 Å². The number of hydrazone groups is 1. The van der Waals surface area contributed by atoms with Gasteiger partial charge in [0.15, 0.2) is 0 Å². The van der Waals surface area contributed by atoms with Crippen LogP contribution in [0.25, 0.3) is 0 Å². The van der Waals surface area contributed by atoms with Crippen LogP contribution >= 0.6 is 11.6 Å². The van der Waals surface area contributed by atoms with E-state index in [0.29, 0.717) is 0 Å². The number of benzene rings is 2. The molecule has 1 fully saturated rings. The van der Waals surface area contributed by atoms with Crippen LogP contribution in [0.4, 0.5) is 4.39 Å². The summed E-state index contributed by atoms with van der Waals surface area (Å²) in [4.78, 5) is 2.40. The van der Waals surface area contributed by atoms with Crippen molar-refractivity contribution in [2.45, 2.75) is 6.54 Å². The summed E-state index contributed by atoms with van der Waals surface area (Å²) >= 11 is 5.91. The Labute approximate surface area is 141 Å². The Kier molecular flexibility index (Phi) is 5.26. The lowest BCUT2D eigenvalue weighted by Gasteiger charge is -2.33. The van der Waals surface area contributed by atoms with Crippen molar-refractivity contribution < 1.29 is 4.39 Å². The van der Waals surface area contributed by atoms with Gasteiger partial charge in [0.25, 0.3) is 0 Å². The topological polar surface area (TPSA) is 18.8 Å². The van der Waals surface area contributed by atoms with Gasteiger partial charge in [-0.2, -0.15) is 5.10 Å². The third kappa shape index (κ3) is 4.78. The Morgan fingerprint density at radius 3 is 2.48 bits per heavy atom. The van der Waals surface area contributed by atoms with Gasteiger partial charge in [-0.05, 0) is 35.4 Å². The van der Waals surface area contributed by atoms with E-state index in [-0.39, 0.29) is 5.82 Å². The standard InChI is InChI=1S/C18H19ClFN3/c19-17-6-4-15(5-7-17)14-22-8-10-23(11-9-22)21-13-16-2-1-3-18(20)12-16/h1-7,12-13H,8-11,14H2/b21-13+. The lowest BCUT2D eigenvalue weighted by molar-refractivity contribution is 0.131. The molecule has 0 aliphatic carbocycles. The Bertz CT molecular complexity index is 664. The molecule has 1 aliphatic heterocycles. The van der Waals surface area contributed by atoms with Gasteiger partial charge in [0.2, 0.25) is 0 Å². The lowest BCUT2D eigenvalue weighted by Crippen LogP contribution is -2.43. The molecule has 0 atom stereocenters. The number of piperazine rings is 1. The molecule has 5 heteroatoms. The summed E-state index contributed by atoms with van der Waals surface area (Å²) < 4.78 is 13.1. The molecule has 23 heavy (non-hydrogen) atoms. The van der Waals surface area contributed by atoms with Crippen LogP contribution in [0, 0.1) is 5.82 Å². The molecule has 3 nitrogen and oxygen atoms in total. The number of halogens is 2. The molecule has 0 saturated carbocycles. The van der Waals surface area contributed by atoms with E-state index in [2.05, 4.69) is 22.1 Å². The highest BCUT2D eigenvalue weighted by Crippen LogP contribution is 2.13. The summed E-state index contributed by atoms with van der Waals surface area (Å²) in [6, 6.07) is 14.5. The monoisotopic (exact) mass is 331 g/mol. The molecule has 0 bridgehead atoms. The van der Waals surface area contributed by atoms with Gasteiger partial charge in [0.1, 0.15) is 5.82 Å². The van der Waals surface area contributed by atoms with Crippen LogP contribution in [-0.2, 0) is 6.54 Å². The van der Waals surface area contributed by atoms with E-state index in [1.807, 2.05) is 23.2 Å². The van der Waals surface area contributed by atoms with Crippen LogP contribution in [0.3, 0.4) is 0 Å². The highest BCUT2D eigenvalue weighted by Gasteiger charge is 2.15. The van der Waals surface area contributed by atoms with E-state index in [1.165, 1.54) is 17.7 Å². The molecule has 3 rings (SSSR count). The molecule has 2 aromatic rings. The SMILES string of the molecule is Fc1cccc(/C=N/N2CCN(Cc3ccc(Cl)cc3)CC2)c1. The lowest BCUT2D eigenvalue weighted by atomic mass is 10.2. The van der Waals surface area contributed by atoms with Crippen LogP contribution in [0.5, 0.6) is 0 Å². The molecular formula is C18H19ClFN3. The summed E-state index contributed by atoms with van der Waals surface area (Å²) in [7, 11) is 0. The van der Waals surface area contributed by atoms with Gasteiger partial charge in [0.05, 0.1) is 6.21 Å². The fraction of sp³-hybridized carbons (Fsp3) is 0.278. The molecule has 0 unspecified atom stereocenters. The average molecular weight is 332 g/mol. The number of rotatable bonds is 4. The average Bonchev–Trinajstić information content (AvgIpc) is 2.56. The highest BCUT2D eigenvalue weighted by molar-refractivity contribution is 6.30. The van der Waals surface area contributed by atoms with Crippen molar-refractivity contribution in [2.24, 2.45) is 5.10 Å². The zero-order chi connectivity index (χ0) is 16.1. The summed E-state index contributed by atoms with van der Waals surface area (Å²) in [5.74, 6) is -0.235. The molecule has 0 radical (unpaired) electrons. The van der Waals surface area contributed by atoms with Crippen molar-refractivity contribution in [3.8, 4) is 0 Å². The Balaban J connectivity index is 1.49. The molecule has 0 amide bonds. The quantitative estimate of drug-likeness (QED) is 0.797. The van der Waals surface area contributed by atoms with Crippen molar-refractivity contribution in [2.75, 3.05) is 26.2 Å². The minimum absolute atomic E-state index is 0.235. The molecule has 120 valence electrons. The van der Waals surface area contributed by atoms with E-state index in [9.17, 15) is 4.39 Å². The molecule has 1 heterocycles. The van der Waals surface area contributed by atoms with Crippen LogP contribution < -0.4 is 0 Å². The zero-order valence-electron chi connectivity index (χ0n) is 12.8. The third-order valence-electron chi connectivity index (χ3n) is 3.89. The van der Waals surface area contributed by atoms with E-state index in [4.69, 9.17) is 11.6 Å². The highest BCUT2D eigenvalue weighted by atomic mass is 35.5. The number of hydrogen-bond donors (Lipinski definition) is 0. The van der Waals surface area contributed by atoms with Crippen molar-refractivity contribution in [3.05, 3.63) is 70.5 Å². The summed E-state index contributed by atoms with van der Waals surface area (Å²) in [5.41, 5.74) is 2.06. The molecule has 0 N–H and O–H groups in total. The van der Waals surface area contributed by atoms with Crippen LogP contribution in [0.15, 0.2) is 53.6 Å². The van der Waals surface area contributed by atoms with Gasteiger partial charge in [-0.1, -0.05) is 35.9 Å². The van der Waals surface area contributed by atoms with E-state index in [1.54, 1.807) is 12.3 Å². The van der Waals surface area contributed by atoms with Crippen LogP contribution in [-0.4, -0.2) is 42.3 Å². The van der Waals surface area contributed by atoms with Gasteiger partial charge in [-0.3, -0.25) is 9.91 Å². The molecule has 1 saturated heterocycles.